The Morgan fingerprint density at radius 1 is 1.03 bits per heavy atom. The van der Waals surface area contributed by atoms with E-state index in [0.717, 1.165) is 23.9 Å². The van der Waals surface area contributed by atoms with Crippen molar-refractivity contribution in [1.29, 1.82) is 0 Å². The molecule has 0 saturated carbocycles. The number of cyclic esters (lactones) is 2. The molecule has 2 aliphatic heterocycles. The minimum atomic E-state index is -0.749. The molecule has 198 valence electrons. The predicted octanol–water partition coefficient (Wildman–Crippen LogP) is 3.35. The summed E-state index contributed by atoms with van der Waals surface area (Å²) in [4.78, 5) is 38.1. The van der Waals surface area contributed by atoms with Crippen LogP contribution in [-0.2, 0) is 14.3 Å². The highest BCUT2D eigenvalue weighted by Gasteiger charge is 2.34. The summed E-state index contributed by atoms with van der Waals surface area (Å²) in [5, 5.41) is 2.57. The Labute approximate surface area is 219 Å². The number of carbonyl (C=O) groups is 3. The van der Waals surface area contributed by atoms with Gasteiger partial charge in [-0.2, -0.15) is 4.37 Å². The van der Waals surface area contributed by atoms with E-state index in [0.29, 0.717) is 5.88 Å². The predicted molar refractivity (Wildman–Crippen MR) is 131 cm³/mol. The Hall–Kier alpha value is -4.33. The van der Waals surface area contributed by atoms with Crippen molar-refractivity contribution in [2.24, 2.45) is 0 Å². The normalized spacial score (nSPS) is 18.9. The first-order chi connectivity index (χ1) is 18.3. The van der Waals surface area contributed by atoms with Gasteiger partial charge >= 0.3 is 12.2 Å². The lowest BCUT2D eigenvalue weighted by Crippen LogP contribution is -2.33. The number of amides is 3. The number of anilines is 2. The molecule has 14 heteroatoms. The van der Waals surface area contributed by atoms with Crippen LogP contribution in [0.1, 0.15) is 6.92 Å². The maximum absolute atomic E-state index is 15.1. The van der Waals surface area contributed by atoms with Gasteiger partial charge in [-0.1, -0.05) is 0 Å². The van der Waals surface area contributed by atoms with Crippen molar-refractivity contribution >= 4 is 41.2 Å². The summed E-state index contributed by atoms with van der Waals surface area (Å²) < 4.78 is 53.8. The number of carbonyl (C=O) groups excluding carboxylic acids is 3. The van der Waals surface area contributed by atoms with Crippen molar-refractivity contribution in [3.8, 4) is 17.0 Å². The first-order valence-corrected chi connectivity index (χ1v) is 12.2. The molecule has 2 aromatic carbocycles. The lowest BCUT2D eigenvalue weighted by molar-refractivity contribution is -0.119. The lowest BCUT2D eigenvalue weighted by Gasteiger charge is -2.16. The molecule has 0 bridgehead atoms. The lowest BCUT2D eigenvalue weighted by atomic mass is 10.0. The number of hydrogen-bond donors (Lipinski definition) is 1. The molecule has 0 radical (unpaired) electrons. The molecule has 0 unspecified atom stereocenters. The highest BCUT2D eigenvalue weighted by Crippen LogP contribution is 2.33. The maximum Gasteiger partial charge on any atom is 0.414 e. The van der Waals surface area contributed by atoms with E-state index in [1.165, 1.54) is 47.2 Å². The third-order valence-electron chi connectivity index (χ3n) is 5.90. The van der Waals surface area contributed by atoms with Crippen LogP contribution < -0.4 is 19.9 Å². The van der Waals surface area contributed by atoms with Gasteiger partial charge in [0.05, 0.1) is 42.7 Å². The fourth-order valence-electron chi connectivity index (χ4n) is 4.09. The maximum atomic E-state index is 15.1. The van der Waals surface area contributed by atoms with Crippen molar-refractivity contribution in [1.82, 2.24) is 14.1 Å². The summed E-state index contributed by atoms with van der Waals surface area (Å²) in [7, 11) is 0. The number of ether oxygens (including phenoxy) is 3. The Balaban J connectivity index is 1.27. The zero-order chi connectivity index (χ0) is 26.8. The molecule has 1 aromatic heterocycles. The van der Waals surface area contributed by atoms with Gasteiger partial charge in [0.25, 0.3) is 0 Å². The number of hydrogen-bond acceptors (Lipinski definition) is 9. The van der Waals surface area contributed by atoms with Crippen LogP contribution in [0.25, 0.3) is 11.1 Å². The van der Waals surface area contributed by atoms with Crippen molar-refractivity contribution in [2.75, 3.05) is 36.0 Å². The third-order valence-corrected chi connectivity index (χ3v) is 6.37. The van der Waals surface area contributed by atoms with Gasteiger partial charge in [0.1, 0.15) is 30.5 Å². The molecule has 1 N–H and O–H groups in total. The molecule has 0 spiro atoms. The molecule has 0 aliphatic carbocycles. The molecule has 3 amide bonds. The van der Waals surface area contributed by atoms with E-state index in [1.54, 1.807) is 0 Å². The highest BCUT2D eigenvalue weighted by molar-refractivity contribution is 6.99. The fraction of sp³-hybridized carbons (Fsp3) is 0.292. The van der Waals surface area contributed by atoms with Crippen LogP contribution >= 0.6 is 11.7 Å². The van der Waals surface area contributed by atoms with Gasteiger partial charge < -0.3 is 19.5 Å². The molecule has 3 heterocycles. The number of benzene rings is 2. The second kappa shape index (κ2) is 10.6. The SMILES string of the molecule is CC(=O)NC[C@H]1CN(c2ccc(-c3ccc(N4C[C@H](COc5cnsn5)OC4=O)cc3F)c(F)c2)C(=O)O1. The summed E-state index contributed by atoms with van der Waals surface area (Å²) in [6.45, 7) is 1.80. The van der Waals surface area contributed by atoms with Crippen molar-refractivity contribution < 1.29 is 37.4 Å². The van der Waals surface area contributed by atoms with Crippen molar-refractivity contribution in [2.45, 2.75) is 19.1 Å². The minimum absolute atomic E-state index is 0.0196. The first-order valence-electron chi connectivity index (χ1n) is 11.5. The second-order valence-electron chi connectivity index (χ2n) is 8.55. The minimum Gasteiger partial charge on any atom is -0.472 e. The van der Waals surface area contributed by atoms with Crippen molar-refractivity contribution in [3.63, 3.8) is 0 Å². The molecule has 2 atom stereocenters. The molecular formula is C24H21F2N5O6S. The molecular weight excluding hydrogens is 524 g/mol. The van der Waals surface area contributed by atoms with Crippen LogP contribution in [0.2, 0.25) is 0 Å². The average molecular weight is 546 g/mol. The smallest absolute Gasteiger partial charge is 0.414 e. The van der Waals surface area contributed by atoms with E-state index in [4.69, 9.17) is 14.2 Å². The summed E-state index contributed by atoms with van der Waals surface area (Å²) in [5.41, 5.74) is 0.442. The molecule has 2 saturated heterocycles. The van der Waals surface area contributed by atoms with E-state index in [1.807, 2.05) is 0 Å². The van der Waals surface area contributed by atoms with E-state index in [-0.39, 0.29) is 54.7 Å². The Morgan fingerprint density at radius 2 is 1.61 bits per heavy atom. The molecule has 38 heavy (non-hydrogen) atoms. The summed E-state index contributed by atoms with van der Waals surface area (Å²) in [6, 6.07) is 7.95. The van der Waals surface area contributed by atoms with Gasteiger partial charge in [-0.15, -0.1) is 4.37 Å². The van der Waals surface area contributed by atoms with E-state index in [9.17, 15) is 14.4 Å². The Morgan fingerprint density at radius 3 is 2.13 bits per heavy atom. The quantitative estimate of drug-likeness (QED) is 0.457. The van der Waals surface area contributed by atoms with Gasteiger partial charge in [0.15, 0.2) is 6.10 Å². The van der Waals surface area contributed by atoms with Gasteiger partial charge in [-0.25, -0.2) is 18.4 Å². The number of rotatable bonds is 8. The number of halogens is 2. The van der Waals surface area contributed by atoms with Gasteiger partial charge in [-0.05, 0) is 36.4 Å². The van der Waals surface area contributed by atoms with E-state index < -0.39 is 36.0 Å². The zero-order valence-corrected chi connectivity index (χ0v) is 20.7. The molecule has 2 fully saturated rings. The van der Waals surface area contributed by atoms with Crippen LogP contribution in [0, 0.1) is 11.6 Å². The summed E-state index contributed by atoms with van der Waals surface area (Å²) in [6.07, 6.45) is -1.06. The molecule has 5 rings (SSSR count). The molecule has 2 aliphatic rings. The largest absolute Gasteiger partial charge is 0.472 e. The number of nitrogens with one attached hydrogen (secondary N) is 1. The van der Waals surface area contributed by atoms with Gasteiger partial charge in [0, 0.05) is 18.1 Å². The zero-order valence-electron chi connectivity index (χ0n) is 19.9. The Kier molecular flexibility index (Phi) is 7.05. The number of nitrogens with zero attached hydrogens (tertiary/aromatic N) is 4. The molecule has 3 aromatic rings. The third kappa shape index (κ3) is 5.34. The van der Waals surface area contributed by atoms with Crippen LogP contribution in [-0.4, -0.2) is 65.3 Å². The first kappa shape index (κ1) is 25.3. The second-order valence-corrected chi connectivity index (χ2v) is 9.11. The van der Waals surface area contributed by atoms with Crippen LogP contribution in [0.5, 0.6) is 5.88 Å². The number of aromatic nitrogens is 2. The highest BCUT2D eigenvalue weighted by atomic mass is 32.1. The average Bonchev–Trinajstić information content (AvgIpc) is 3.62. The Bertz CT molecular complexity index is 1370. The van der Waals surface area contributed by atoms with Gasteiger partial charge in [0.2, 0.25) is 11.8 Å². The summed E-state index contributed by atoms with van der Waals surface area (Å²) >= 11 is 0.985. The van der Waals surface area contributed by atoms with Gasteiger partial charge in [-0.3, -0.25) is 14.6 Å². The summed E-state index contributed by atoms with van der Waals surface area (Å²) in [5.74, 6) is -1.44. The van der Waals surface area contributed by atoms with Crippen LogP contribution in [0.3, 0.4) is 0 Å². The van der Waals surface area contributed by atoms with Crippen LogP contribution in [0.4, 0.5) is 29.7 Å². The monoisotopic (exact) mass is 545 g/mol. The fourth-order valence-corrected chi connectivity index (χ4v) is 4.46. The molecule has 11 nitrogen and oxygen atoms in total. The van der Waals surface area contributed by atoms with Crippen molar-refractivity contribution in [3.05, 3.63) is 54.2 Å². The topological polar surface area (TPSA) is 123 Å². The van der Waals surface area contributed by atoms with E-state index >= 15 is 8.78 Å². The standard InChI is InChI=1S/C24H21F2N5O6S/c1-13(32)27-8-16-10-30(23(33)36-16)14-2-4-18(20(25)6-14)19-5-3-15(7-21(19)26)31-11-17(37-24(31)34)12-35-22-9-28-38-29-22/h2-7,9,16-17H,8,10-12H2,1H3,(H,27,32)/t16-,17+/m0/s1. The van der Waals surface area contributed by atoms with E-state index in [2.05, 4.69) is 14.1 Å². The van der Waals surface area contributed by atoms with Crippen LogP contribution in [0.15, 0.2) is 42.6 Å².